The largest absolute Gasteiger partial charge is 0.301 e. The van der Waals surface area contributed by atoms with E-state index in [4.69, 9.17) is 4.84 Å². The number of hydrogen-bond acceptors (Lipinski definition) is 3. The molecule has 1 aromatic heterocycles. The van der Waals surface area contributed by atoms with Gasteiger partial charge >= 0.3 is 0 Å². The molecule has 2 aromatic rings. The lowest BCUT2D eigenvalue weighted by atomic mass is 10.2. The van der Waals surface area contributed by atoms with Crippen LogP contribution in [0.3, 0.4) is 0 Å². The Kier molecular flexibility index (Phi) is 5.12. The molecule has 0 saturated carbocycles. The third kappa shape index (κ3) is 4.85. The molecule has 19 heavy (non-hydrogen) atoms. The van der Waals surface area contributed by atoms with Gasteiger partial charge in [0.2, 0.25) is 0 Å². The normalized spacial score (nSPS) is 11.1. The second-order valence-corrected chi connectivity index (χ2v) is 5.06. The van der Waals surface area contributed by atoms with Crippen molar-refractivity contribution in [2.45, 2.75) is 26.9 Å². The highest BCUT2D eigenvalue weighted by Gasteiger charge is 2.00. The van der Waals surface area contributed by atoms with Gasteiger partial charge in [0, 0.05) is 18.3 Å². The minimum atomic E-state index is 0.535. The highest BCUT2D eigenvalue weighted by Crippen LogP contribution is 2.04. The van der Waals surface area contributed by atoms with Crippen molar-refractivity contribution in [3.8, 4) is 0 Å². The number of nitrogens with one attached hydrogen (secondary N) is 1. The van der Waals surface area contributed by atoms with Gasteiger partial charge < -0.3 is 4.84 Å². The molecule has 1 N–H and O–H groups in total. The van der Waals surface area contributed by atoms with Gasteiger partial charge in [0.15, 0.2) is 0 Å². The molecule has 0 spiro atoms. The summed E-state index contributed by atoms with van der Waals surface area (Å²) in [6.45, 7) is 6.45. The quantitative estimate of drug-likeness (QED) is 0.613. The smallest absolute Gasteiger partial charge is 0.0705 e. The summed E-state index contributed by atoms with van der Waals surface area (Å²) in [6, 6.07) is 10.3. The van der Waals surface area contributed by atoms with E-state index in [1.54, 1.807) is 0 Å². The van der Waals surface area contributed by atoms with Crippen molar-refractivity contribution in [3.05, 3.63) is 53.9 Å². The zero-order valence-electron chi connectivity index (χ0n) is 11.5. The summed E-state index contributed by atoms with van der Waals surface area (Å²) < 4.78 is 1.94. The molecule has 102 valence electrons. The molecule has 0 aliphatic rings. The predicted molar refractivity (Wildman–Crippen MR) is 75.4 cm³/mol. The van der Waals surface area contributed by atoms with Crippen molar-refractivity contribution in [1.82, 2.24) is 15.3 Å². The standard InChI is InChI=1S/C15H21N3O/c1-13(2)12-19-17-9-15-8-16-18(11-15)10-14-6-4-3-5-7-14/h3-8,11,13,17H,9-10,12H2,1-2H3. The molecule has 0 radical (unpaired) electrons. The number of nitrogens with zero attached hydrogens (tertiary/aromatic N) is 2. The predicted octanol–water partition coefficient (Wildman–Crippen LogP) is 2.61. The van der Waals surface area contributed by atoms with Crippen LogP contribution in [0.25, 0.3) is 0 Å². The molecule has 0 unspecified atom stereocenters. The second kappa shape index (κ2) is 7.07. The van der Waals surface area contributed by atoms with Gasteiger partial charge in [0.25, 0.3) is 0 Å². The average Bonchev–Trinajstić information content (AvgIpc) is 2.83. The van der Waals surface area contributed by atoms with Crippen molar-refractivity contribution in [3.63, 3.8) is 0 Å². The number of aromatic nitrogens is 2. The van der Waals surface area contributed by atoms with Crippen molar-refractivity contribution in [2.24, 2.45) is 5.92 Å². The number of hydroxylamine groups is 1. The molecule has 0 atom stereocenters. The van der Waals surface area contributed by atoms with E-state index in [0.717, 1.165) is 18.7 Å². The topological polar surface area (TPSA) is 39.1 Å². The van der Waals surface area contributed by atoms with Gasteiger partial charge in [-0.25, -0.2) is 0 Å². The molecule has 0 aliphatic heterocycles. The Labute approximate surface area is 114 Å². The molecule has 1 aromatic carbocycles. The summed E-state index contributed by atoms with van der Waals surface area (Å²) in [5, 5.41) is 4.35. The minimum absolute atomic E-state index is 0.535. The zero-order chi connectivity index (χ0) is 13.5. The molecule has 0 saturated heterocycles. The first-order valence-corrected chi connectivity index (χ1v) is 6.64. The fraction of sp³-hybridized carbons (Fsp3) is 0.400. The van der Waals surface area contributed by atoms with Crippen LogP contribution in [0.4, 0.5) is 0 Å². The average molecular weight is 259 g/mol. The fourth-order valence-corrected chi connectivity index (χ4v) is 1.71. The van der Waals surface area contributed by atoms with E-state index in [0.29, 0.717) is 12.5 Å². The van der Waals surface area contributed by atoms with E-state index in [9.17, 15) is 0 Å². The lowest BCUT2D eigenvalue weighted by molar-refractivity contribution is 0.0196. The second-order valence-electron chi connectivity index (χ2n) is 5.06. The fourth-order valence-electron chi connectivity index (χ4n) is 1.71. The molecule has 1 heterocycles. The number of rotatable bonds is 7. The summed E-state index contributed by atoms with van der Waals surface area (Å²) >= 11 is 0. The van der Waals surface area contributed by atoms with Crippen LogP contribution in [0.1, 0.15) is 25.0 Å². The van der Waals surface area contributed by atoms with Crippen molar-refractivity contribution >= 4 is 0 Å². The third-order valence-corrected chi connectivity index (χ3v) is 2.67. The van der Waals surface area contributed by atoms with Crippen LogP contribution < -0.4 is 5.48 Å². The maximum atomic E-state index is 5.34. The highest BCUT2D eigenvalue weighted by atomic mass is 16.6. The molecule has 2 rings (SSSR count). The SMILES string of the molecule is CC(C)CONCc1cnn(Cc2ccccc2)c1. The van der Waals surface area contributed by atoms with E-state index in [1.807, 2.05) is 35.3 Å². The van der Waals surface area contributed by atoms with Gasteiger partial charge in [-0.05, 0) is 11.5 Å². The monoisotopic (exact) mass is 259 g/mol. The number of benzene rings is 1. The highest BCUT2D eigenvalue weighted by molar-refractivity contribution is 5.15. The first kappa shape index (κ1) is 13.8. The van der Waals surface area contributed by atoms with Gasteiger partial charge in [-0.15, -0.1) is 0 Å². The molecule has 0 aliphatic carbocycles. The molecular formula is C15H21N3O. The Morgan fingerprint density at radius 1 is 1.21 bits per heavy atom. The van der Waals surface area contributed by atoms with E-state index >= 15 is 0 Å². The molecule has 0 fully saturated rings. The first-order chi connectivity index (χ1) is 9.24. The zero-order valence-corrected chi connectivity index (χ0v) is 11.5. The van der Waals surface area contributed by atoms with Crippen LogP contribution in [0.15, 0.2) is 42.7 Å². The summed E-state index contributed by atoms with van der Waals surface area (Å²) in [5.74, 6) is 0.535. The van der Waals surface area contributed by atoms with Gasteiger partial charge in [0.05, 0.1) is 19.3 Å². The Balaban J connectivity index is 1.79. The molecule has 4 heteroatoms. The molecule has 0 amide bonds. The van der Waals surface area contributed by atoms with Crippen LogP contribution in [0, 0.1) is 5.92 Å². The Morgan fingerprint density at radius 3 is 2.74 bits per heavy atom. The number of hydrogen-bond donors (Lipinski definition) is 1. The van der Waals surface area contributed by atoms with Crippen molar-refractivity contribution in [2.75, 3.05) is 6.61 Å². The maximum Gasteiger partial charge on any atom is 0.0705 e. The van der Waals surface area contributed by atoms with E-state index in [2.05, 4.69) is 36.6 Å². The van der Waals surface area contributed by atoms with Crippen molar-refractivity contribution < 1.29 is 4.84 Å². The van der Waals surface area contributed by atoms with Crippen LogP contribution in [0.5, 0.6) is 0 Å². The Hall–Kier alpha value is -1.65. The van der Waals surface area contributed by atoms with Crippen LogP contribution in [-0.4, -0.2) is 16.4 Å². The summed E-state index contributed by atoms with van der Waals surface area (Å²) in [5.41, 5.74) is 5.33. The van der Waals surface area contributed by atoms with Gasteiger partial charge in [-0.3, -0.25) is 4.68 Å². The molecule has 0 bridgehead atoms. The van der Waals surface area contributed by atoms with Gasteiger partial charge in [-0.1, -0.05) is 44.2 Å². The molecular weight excluding hydrogens is 238 g/mol. The van der Waals surface area contributed by atoms with Gasteiger partial charge in [0.1, 0.15) is 0 Å². The van der Waals surface area contributed by atoms with Crippen molar-refractivity contribution in [1.29, 1.82) is 0 Å². The van der Waals surface area contributed by atoms with Crippen LogP contribution in [0.2, 0.25) is 0 Å². The van der Waals surface area contributed by atoms with Crippen LogP contribution >= 0.6 is 0 Å². The van der Waals surface area contributed by atoms with Gasteiger partial charge in [-0.2, -0.15) is 10.6 Å². The first-order valence-electron chi connectivity index (χ1n) is 6.64. The summed E-state index contributed by atoms with van der Waals surface area (Å²) in [6.07, 6.45) is 3.91. The summed E-state index contributed by atoms with van der Waals surface area (Å²) in [7, 11) is 0. The third-order valence-electron chi connectivity index (χ3n) is 2.67. The summed E-state index contributed by atoms with van der Waals surface area (Å²) in [4.78, 5) is 5.34. The van der Waals surface area contributed by atoms with Crippen LogP contribution in [-0.2, 0) is 17.9 Å². The van der Waals surface area contributed by atoms with E-state index < -0.39 is 0 Å². The maximum absolute atomic E-state index is 5.34. The van der Waals surface area contributed by atoms with E-state index in [-0.39, 0.29) is 0 Å². The lowest BCUT2D eigenvalue weighted by Gasteiger charge is -2.06. The van der Waals surface area contributed by atoms with E-state index in [1.165, 1.54) is 5.56 Å². The molecule has 4 nitrogen and oxygen atoms in total. The lowest BCUT2D eigenvalue weighted by Crippen LogP contribution is -2.17. The Morgan fingerprint density at radius 2 is 2.00 bits per heavy atom. The minimum Gasteiger partial charge on any atom is -0.301 e. The Bertz CT molecular complexity index is 479.